The molecule has 1 aromatic rings. The van der Waals surface area contributed by atoms with Crippen molar-refractivity contribution in [3.05, 3.63) is 33.3 Å². The highest BCUT2D eigenvalue weighted by Crippen LogP contribution is 2.28. The average molecular weight is 397 g/mol. The van der Waals surface area contributed by atoms with Crippen molar-refractivity contribution < 1.29 is 13.5 Å². The van der Waals surface area contributed by atoms with Crippen LogP contribution in [0.1, 0.15) is 24.5 Å². The molecule has 0 saturated carbocycles. The van der Waals surface area contributed by atoms with E-state index in [-0.39, 0.29) is 11.5 Å². The molecular weight excluding hydrogens is 378 g/mol. The first-order valence-electron chi connectivity index (χ1n) is 6.93. The van der Waals surface area contributed by atoms with Gasteiger partial charge in [0.2, 0.25) is 0 Å². The first-order valence-corrected chi connectivity index (χ1v) is 9.92. The molecule has 1 heterocycles. The Morgan fingerprint density at radius 1 is 1.33 bits per heavy atom. The third-order valence-corrected chi connectivity index (χ3v) is 6.22. The van der Waals surface area contributed by atoms with Gasteiger partial charge in [-0.2, -0.15) is 0 Å². The molecule has 7 heteroatoms. The van der Waals surface area contributed by atoms with Crippen LogP contribution in [0.5, 0.6) is 0 Å². The molecule has 0 amide bonds. The Labute approximate surface area is 139 Å². The van der Waals surface area contributed by atoms with Gasteiger partial charge in [0, 0.05) is 22.6 Å². The molecule has 1 N–H and O–H groups in total. The van der Waals surface area contributed by atoms with E-state index in [1.165, 1.54) is 0 Å². The summed E-state index contributed by atoms with van der Waals surface area (Å²) in [6.07, 6.45) is 0.573. The summed E-state index contributed by atoms with van der Waals surface area (Å²) in [6.45, 7) is 1.98. The molecule has 21 heavy (non-hydrogen) atoms. The summed E-state index contributed by atoms with van der Waals surface area (Å²) >= 11 is 9.46. The molecule has 1 aromatic carbocycles. The van der Waals surface area contributed by atoms with Gasteiger partial charge in [0.1, 0.15) is 0 Å². The van der Waals surface area contributed by atoms with Gasteiger partial charge in [-0.15, -0.1) is 0 Å². The van der Waals surface area contributed by atoms with Crippen LogP contribution < -0.4 is 0 Å². The fourth-order valence-corrected chi connectivity index (χ4v) is 4.55. The van der Waals surface area contributed by atoms with Crippen molar-refractivity contribution >= 4 is 37.4 Å². The van der Waals surface area contributed by atoms with Gasteiger partial charge in [0.15, 0.2) is 9.84 Å². The van der Waals surface area contributed by atoms with Gasteiger partial charge < -0.3 is 10.0 Å². The smallest absolute Gasteiger partial charge is 0.151 e. The van der Waals surface area contributed by atoms with Gasteiger partial charge in [0.05, 0.1) is 17.6 Å². The van der Waals surface area contributed by atoms with E-state index in [4.69, 9.17) is 11.6 Å². The summed E-state index contributed by atoms with van der Waals surface area (Å²) in [6, 6.07) is 5.42. The van der Waals surface area contributed by atoms with Crippen LogP contribution in [0.25, 0.3) is 0 Å². The second kappa shape index (κ2) is 7.42. The number of nitrogens with zero attached hydrogens (tertiary/aromatic N) is 1. The number of hydrogen-bond acceptors (Lipinski definition) is 4. The molecule has 1 fully saturated rings. The SMILES string of the molecule is O=S1(=O)CCCN(CCC(O)c2ccc(Br)cc2Cl)CC1. The molecule has 4 nitrogen and oxygen atoms in total. The van der Waals surface area contributed by atoms with E-state index in [9.17, 15) is 13.5 Å². The Morgan fingerprint density at radius 2 is 2.10 bits per heavy atom. The molecule has 1 saturated heterocycles. The monoisotopic (exact) mass is 395 g/mol. The number of hydrogen-bond donors (Lipinski definition) is 1. The molecule has 0 aromatic heterocycles. The molecule has 0 aliphatic carbocycles. The first kappa shape index (κ1) is 17.2. The lowest BCUT2D eigenvalue weighted by Crippen LogP contribution is -2.29. The summed E-state index contributed by atoms with van der Waals surface area (Å²) in [5.41, 5.74) is 0.710. The molecule has 1 unspecified atom stereocenters. The van der Waals surface area contributed by atoms with Crippen LogP contribution in [-0.4, -0.2) is 49.6 Å². The minimum Gasteiger partial charge on any atom is -0.388 e. The molecule has 1 atom stereocenters. The van der Waals surface area contributed by atoms with Crippen LogP contribution in [0.15, 0.2) is 22.7 Å². The van der Waals surface area contributed by atoms with Crippen LogP contribution in [0, 0.1) is 0 Å². The summed E-state index contributed by atoms with van der Waals surface area (Å²) in [5.74, 6) is 0.479. The average Bonchev–Trinajstić information content (AvgIpc) is 2.57. The molecular formula is C14H19BrClNO3S. The summed E-state index contributed by atoms with van der Waals surface area (Å²) in [5, 5.41) is 10.8. The van der Waals surface area contributed by atoms with Gasteiger partial charge in [-0.1, -0.05) is 33.6 Å². The Morgan fingerprint density at radius 3 is 2.81 bits per heavy atom. The number of aliphatic hydroxyl groups excluding tert-OH is 1. The quantitative estimate of drug-likeness (QED) is 0.850. The zero-order chi connectivity index (χ0) is 15.5. The highest BCUT2D eigenvalue weighted by Gasteiger charge is 2.20. The van der Waals surface area contributed by atoms with Crippen LogP contribution in [0.2, 0.25) is 5.02 Å². The third kappa shape index (κ3) is 5.21. The minimum absolute atomic E-state index is 0.210. The van der Waals surface area contributed by atoms with E-state index in [1.54, 1.807) is 6.07 Å². The maximum absolute atomic E-state index is 11.6. The number of halogens is 2. The van der Waals surface area contributed by atoms with E-state index in [0.717, 1.165) is 11.0 Å². The van der Waals surface area contributed by atoms with Crippen LogP contribution in [-0.2, 0) is 9.84 Å². The fourth-order valence-electron chi connectivity index (χ4n) is 2.45. The van der Waals surface area contributed by atoms with E-state index in [1.807, 2.05) is 12.1 Å². The van der Waals surface area contributed by atoms with Gasteiger partial charge in [-0.3, -0.25) is 0 Å². The summed E-state index contributed by atoms with van der Waals surface area (Å²) in [7, 11) is -2.88. The van der Waals surface area contributed by atoms with Gasteiger partial charge in [-0.05, 0) is 37.1 Å². The van der Waals surface area contributed by atoms with Crippen LogP contribution in [0.3, 0.4) is 0 Å². The molecule has 1 aliphatic heterocycles. The van der Waals surface area contributed by atoms with Crippen LogP contribution >= 0.6 is 27.5 Å². The Hall–Kier alpha value is -0.140. The highest BCUT2D eigenvalue weighted by atomic mass is 79.9. The lowest BCUT2D eigenvalue weighted by atomic mass is 10.1. The standard InChI is InChI=1S/C14H19BrClNO3S/c15-11-2-3-12(13(16)10-11)14(18)4-6-17-5-1-8-21(19,20)9-7-17/h2-3,10,14,18H,1,4-9H2. The van der Waals surface area contributed by atoms with Gasteiger partial charge >= 0.3 is 0 Å². The molecule has 0 bridgehead atoms. The van der Waals surface area contributed by atoms with Gasteiger partial charge in [-0.25, -0.2) is 8.42 Å². The van der Waals surface area contributed by atoms with E-state index < -0.39 is 15.9 Å². The first-order chi connectivity index (χ1) is 9.87. The highest BCUT2D eigenvalue weighted by molar-refractivity contribution is 9.10. The van der Waals surface area contributed by atoms with Gasteiger partial charge in [0.25, 0.3) is 0 Å². The molecule has 0 spiro atoms. The van der Waals surface area contributed by atoms with E-state index in [0.29, 0.717) is 36.5 Å². The van der Waals surface area contributed by atoms with E-state index >= 15 is 0 Å². The van der Waals surface area contributed by atoms with Crippen molar-refractivity contribution in [1.82, 2.24) is 4.90 Å². The lowest BCUT2D eigenvalue weighted by molar-refractivity contribution is 0.144. The van der Waals surface area contributed by atoms with Crippen molar-refractivity contribution in [2.45, 2.75) is 18.9 Å². The summed E-state index contributed by atoms with van der Waals surface area (Å²) < 4.78 is 24.0. The third-order valence-electron chi connectivity index (χ3n) is 3.69. The predicted octanol–water partition coefficient (Wildman–Crippen LogP) is 2.65. The minimum atomic E-state index is -2.88. The lowest BCUT2D eigenvalue weighted by Gasteiger charge is -2.21. The topological polar surface area (TPSA) is 57.6 Å². The number of rotatable bonds is 4. The molecule has 2 rings (SSSR count). The van der Waals surface area contributed by atoms with Crippen molar-refractivity contribution in [1.29, 1.82) is 0 Å². The van der Waals surface area contributed by atoms with Crippen molar-refractivity contribution in [3.8, 4) is 0 Å². The normalized spacial score (nSPS) is 20.9. The molecule has 1 aliphatic rings. The predicted molar refractivity (Wildman–Crippen MR) is 88.4 cm³/mol. The second-order valence-corrected chi connectivity index (χ2v) is 8.94. The Kier molecular flexibility index (Phi) is 6.08. The Balaban J connectivity index is 1.90. The number of sulfone groups is 1. The second-order valence-electron chi connectivity index (χ2n) is 5.32. The van der Waals surface area contributed by atoms with E-state index in [2.05, 4.69) is 20.8 Å². The number of aliphatic hydroxyl groups is 1. The zero-order valence-corrected chi connectivity index (χ0v) is 14.8. The van der Waals surface area contributed by atoms with Crippen molar-refractivity contribution in [2.75, 3.05) is 31.1 Å². The zero-order valence-electron chi connectivity index (χ0n) is 11.6. The fraction of sp³-hybridized carbons (Fsp3) is 0.571. The largest absolute Gasteiger partial charge is 0.388 e. The number of benzene rings is 1. The maximum atomic E-state index is 11.6. The molecule has 118 valence electrons. The maximum Gasteiger partial charge on any atom is 0.151 e. The van der Waals surface area contributed by atoms with Crippen molar-refractivity contribution in [2.24, 2.45) is 0 Å². The Bertz CT molecular complexity index is 594. The van der Waals surface area contributed by atoms with Crippen LogP contribution in [0.4, 0.5) is 0 Å². The molecule has 0 radical (unpaired) electrons. The summed E-state index contributed by atoms with van der Waals surface area (Å²) in [4.78, 5) is 2.10. The van der Waals surface area contributed by atoms with Crippen molar-refractivity contribution in [3.63, 3.8) is 0 Å².